The van der Waals surface area contributed by atoms with Gasteiger partial charge < -0.3 is 5.32 Å². The molecule has 0 aromatic heterocycles. The first-order chi connectivity index (χ1) is 7.13. The Kier molecular flexibility index (Phi) is 4.51. The summed E-state index contributed by atoms with van der Waals surface area (Å²) in [7, 11) is 1.67. The van der Waals surface area contributed by atoms with Crippen LogP contribution in [-0.2, 0) is 0 Å². The van der Waals surface area contributed by atoms with Gasteiger partial charge in [-0.1, -0.05) is 15.9 Å². The molecule has 0 unspecified atom stereocenters. The summed E-state index contributed by atoms with van der Waals surface area (Å²) in [6, 6.07) is 7.02. The lowest BCUT2D eigenvalue weighted by Crippen LogP contribution is -2.45. The van der Waals surface area contributed by atoms with Gasteiger partial charge in [-0.15, -0.1) is 0 Å². The summed E-state index contributed by atoms with van der Waals surface area (Å²) in [6.45, 7) is 0. The second kappa shape index (κ2) is 5.67. The quantitative estimate of drug-likeness (QED) is 0.537. The molecule has 0 aliphatic heterocycles. The number of hydrogen-bond donors (Lipinski definition) is 3. The molecule has 1 rings (SSSR count). The van der Waals surface area contributed by atoms with Gasteiger partial charge in [-0.3, -0.25) is 15.6 Å². The lowest BCUT2D eigenvalue weighted by Gasteiger charge is -2.08. The van der Waals surface area contributed by atoms with E-state index in [2.05, 4.69) is 32.1 Å². The summed E-state index contributed by atoms with van der Waals surface area (Å²) in [6.07, 6.45) is 0. The van der Waals surface area contributed by atoms with Crippen LogP contribution in [0.15, 0.2) is 28.7 Å². The smallest absolute Gasteiger partial charge is 0.269 e. The van der Waals surface area contributed by atoms with Crippen molar-refractivity contribution in [3.63, 3.8) is 0 Å². The van der Waals surface area contributed by atoms with Gasteiger partial charge in [0.15, 0.2) is 5.11 Å². The van der Waals surface area contributed by atoms with E-state index < -0.39 is 0 Å². The fourth-order valence-corrected chi connectivity index (χ4v) is 1.16. The standard InChI is InChI=1S/C9H10BrN3OS/c1-11-9(15)13-12-8(14)6-2-4-7(10)5-3-6/h2-5H,1H3,(H,12,14)(H2,11,13,15). The molecular weight excluding hydrogens is 278 g/mol. The van der Waals surface area contributed by atoms with Crippen molar-refractivity contribution in [2.75, 3.05) is 7.05 Å². The number of amides is 1. The molecule has 0 radical (unpaired) electrons. The fraction of sp³-hybridized carbons (Fsp3) is 0.111. The SMILES string of the molecule is CNC(=S)NNC(=O)c1ccc(Br)cc1. The highest BCUT2D eigenvalue weighted by molar-refractivity contribution is 9.10. The Labute approximate surface area is 102 Å². The van der Waals surface area contributed by atoms with Gasteiger partial charge in [-0.05, 0) is 36.5 Å². The largest absolute Gasteiger partial charge is 0.364 e. The van der Waals surface area contributed by atoms with E-state index in [1.807, 2.05) is 0 Å². The molecule has 6 heteroatoms. The zero-order valence-electron chi connectivity index (χ0n) is 8.00. The van der Waals surface area contributed by atoms with E-state index >= 15 is 0 Å². The summed E-state index contributed by atoms with van der Waals surface area (Å²) < 4.78 is 0.928. The Balaban J connectivity index is 2.54. The molecule has 0 bridgehead atoms. The van der Waals surface area contributed by atoms with Crippen molar-refractivity contribution >= 4 is 39.2 Å². The summed E-state index contributed by atoms with van der Waals surface area (Å²) in [5.74, 6) is -0.236. The van der Waals surface area contributed by atoms with Crippen LogP contribution < -0.4 is 16.2 Å². The van der Waals surface area contributed by atoms with Gasteiger partial charge in [0.25, 0.3) is 5.91 Å². The summed E-state index contributed by atoms with van der Waals surface area (Å²) in [4.78, 5) is 11.5. The number of thiocarbonyl (C=S) groups is 1. The molecule has 0 atom stereocenters. The third-order valence-electron chi connectivity index (χ3n) is 1.62. The van der Waals surface area contributed by atoms with E-state index in [0.717, 1.165) is 4.47 Å². The molecule has 0 fully saturated rings. The van der Waals surface area contributed by atoms with Crippen LogP contribution >= 0.6 is 28.1 Å². The molecular formula is C9H10BrN3OS. The van der Waals surface area contributed by atoms with E-state index in [1.165, 1.54) is 0 Å². The summed E-state index contributed by atoms with van der Waals surface area (Å²) in [5.41, 5.74) is 5.58. The third kappa shape index (κ3) is 3.85. The van der Waals surface area contributed by atoms with E-state index in [1.54, 1.807) is 31.3 Å². The Morgan fingerprint density at radius 1 is 1.27 bits per heavy atom. The second-order valence-electron chi connectivity index (χ2n) is 2.67. The number of carbonyl (C=O) groups is 1. The first-order valence-electron chi connectivity index (χ1n) is 4.17. The molecule has 15 heavy (non-hydrogen) atoms. The summed E-state index contributed by atoms with van der Waals surface area (Å²) >= 11 is 8.09. The number of rotatable bonds is 1. The minimum Gasteiger partial charge on any atom is -0.364 e. The van der Waals surface area contributed by atoms with Crippen LogP contribution in [0, 0.1) is 0 Å². The van der Waals surface area contributed by atoms with E-state index in [9.17, 15) is 4.79 Å². The normalized spacial score (nSPS) is 9.20. The van der Waals surface area contributed by atoms with Crippen molar-refractivity contribution in [2.24, 2.45) is 0 Å². The first-order valence-corrected chi connectivity index (χ1v) is 5.37. The maximum Gasteiger partial charge on any atom is 0.269 e. The fourth-order valence-electron chi connectivity index (χ4n) is 0.849. The molecule has 4 nitrogen and oxygen atoms in total. The maximum absolute atomic E-state index is 11.5. The Morgan fingerprint density at radius 3 is 2.40 bits per heavy atom. The predicted octanol–water partition coefficient (Wildman–Crippen LogP) is 1.19. The highest BCUT2D eigenvalue weighted by Crippen LogP contribution is 2.09. The first kappa shape index (κ1) is 11.9. The Bertz CT molecular complexity index is 366. The van der Waals surface area contributed by atoms with Crippen LogP contribution in [0.1, 0.15) is 10.4 Å². The van der Waals surface area contributed by atoms with E-state index in [4.69, 9.17) is 12.2 Å². The van der Waals surface area contributed by atoms with Gasteiger partial charge in [0.1, 0.15) is 0 Å². The Hall–Kier alpha value is -1.14. The monoisotopic (exact) mass is 287 g/mol. The highest BCUT2D eigenvalue weighted by Gasteiger charge is 2.04. The average Bonchev–Trinajstić information content (AvgIpc) is 2.26. The number of carbonyl (C=O) groups excluding carboxylic acids is 1. The van der Waals surface area contributed by atoms with Gasteiger partial charge in [-0.25, -0.2) is 0 Å². The molecule has 1 amide bonds. The lowest BCUT2D eigenvalue weighted by atomic mass is 10.2. The molecule has 0 saturated heterocycles. The number of benzene rings is 1. The topological polar surface area (TPSA) is 53.2 Å². The van der Waals surface area contributed by atoms with Gasteiger partial charge >= 0.3 is 0 Å². The van der Waals surface area contributed by atoms with Crippen molar-refractivity contribution in [3.05, 3.63) is 34.3 Å². The second-order valence-corrected chi connectivity index (χ2v) is 3.99. The maximum atomic E-state index is 11.5. The molecule has 3 N–H and O–H groups in total. The highest BCUT2D eigenvalue weighted by atomic mass is 79.9. The lowest BCUT2D eigenvalue weighted by molar-refractivity contribution is 0.0944. The molecule has 0 aliphatic rings. The third-order valence-corrected chi connectivity index (χ3v) is 2.46. The van der Waals surface area contributed by atoms with Gasteiger partial charge in [0.05, 0.1) is 0 Å². The zero-order chi connectivity index (χ0) is 11.3. The van der Waals surface area contributed by atoms with Crippen molar-refractivity contribution < 1.29 is 4.79 Å². The van der Waals surface area contributed by atoms with E-state index in [0.29, 0.717) is 10.7 Å². The number of hydrogen-bond acceptors (Lipinski definition) is 2. The van der Waals surface area contributed by atoms with Gasteiger partial charge in [0.2, 0.25) is 0 Å². The zero-order valence-corrected chi connectivity index (χ0v) is 10.4. The van der Waals surface area contributed by atoms with Crippen LogP contribution in [0.25, 0.3) is 0 Å². The number of halogens is 1. The van der Waals surface area contributed by atoms with Crippen LogP contribution in [0.4, 0.5) is 0 Å². The van der Waals surface area contributed by atoms with Crippen LogP contribution in [0.5, 0.6) is 0 Å². The van der Waals surface area contributed by atoms with Crippen LogP contribution in [-0.4, -0.2) is 18.1 Å². The molecule has 1 aromatic rings. The van der Waals surface area contributed by atoms with Crippen molar-refractivity contribution in [1.29, 1.82) is 0 Å². The molecule has 0 aliphatic carbocycles. The molecule has 1 aromatic carbocycles. The van der Waals surface area contributed by atoms with Crippen molar-refractivity contribution in [1.82, 2.24) is 16.2 Å². The van der Waals surface area contributed by atoms with E-state index in [-0.39, 0.29) is 5.91 Å². The number of hydrazine groups is 1. The number of nitrogens with one attached hydrogen (secondary N) is 3. The van der Waals surface area contributed by atoms with Gasteiger partial charge in [0, 0.05) is 17.1 Å². The average molecular weight is 288 g/mol. The van der Waals surface area contributed by atoms with Gasteiger partial charge in [-0.2, -0.15) is 0 Å². The Morgan fingerprint density at radius 2 is 1.87 bits per heavy atom. The van der Waals surface area contributed by atoms with Crippen LogP contribution in [0.2, 0.25) is 0 Å². The minimum absolute atomic E-state index is 0.236. The van der Waals surface area contributed by atoms with Crippen molar-refractivity contribution in [2.45, 2.75) is 0 Å². The van der Waals surface area contributed by atoms with Crippen LogP contribution in [0.3, 0.4) is 0 Å². The predicted molar refractivity (Wildman–Crippen MR) is 66.4 cm³/mol. The molecule has 0 heterocycles. The molecule has 0 spiro atoms. The molecule has 0 saturated carbocycles. The van der Waals surface area contributed by atoms with Crippen molar-refractivity contribution in [3.8, 4) is 0 Å². The molecule has 80 valence electrons. The summed E-state index contributed by atoms with van der Waals surface area (Å²) in [5, 5.41) is 3.04. The minimum atomic E-state index is -0.236.